The van der Waals surface area contributed by atoms with Gasteiger partial charge in [-0.25, -0.2) is 0 Å². The number of aliphatic hydroxyl groups excluding tert-OH is 2. The Balaban J connectivity index is 3.46. The minimum atomic E-state index is -0.657. The summed E-state index contributed by atoms with van der Waals surface area (Å²) in [5.41, 5.74) is 0. The van der Waals surface area contributed by atoms with Crippen molar-refractivity contribution in [3.05, 3.63) is 0 Å². The van der Waals surface area contributed by atoms with Crippen LogP contribution < -0.4 is 0 Å². The topological polar surface area (TPSA) is 40.5 Å². The van der Waals surface area contributed by atoms with E-state index in [1.807, 2.05) is 0 Å². The molecule has 0 saturated heterocycles. The van der Waals surface area contributed by atoms with Crippen molar-refractivity contribution in [2.24, 2.45) is 0 Å². The van der Waals surface area contributed by atoms with E-state index in [2.05, 4.69) is 15.9 Å². The molecule has 2 N–H and O–H groups in total. The molecule has 0 unspecified atom stereocenters. The number of alkyl halides is 1. The van der Waals surface area contributed by atoms with Crippen LogP contribution >= 0.6 is 15.9 Å². The Morgan fingerprint density at radius 1 is 1.25 bits per heavy atom. The van der Waals surface area contributed by atoms with Crippen LogP contribution in [-0.2, 0) is 0 Å². The van der Waals surface area contributed by atoms with E-state index >= 15 is 0 Å². The van der Waals surface area contributed by atoms with Crippen LogP contribution in [0.3, 0.4) is 0 Å². The normalized spacial score (nSPS) is 22.1. The maximum atomic E-state index is 8.91. The number of aliphatic hydroxyl groups is 2. The van der Waals surface area contributed by atoms with E-state index in [-0.39, 0.29) is 4.83 Å². The van der Waals surface area contributed by atoms with E-state index in [0.29, 0.717) is 0 Å². The average molecular weight is 183 g/mol. The van der Waals surface area contributed by atoms with Crippen LogP contribution in [0, 0.1) is 0 Å². The summed E-state index contributed by atoms with van der Waals surface area (Å²) in [5, 5.41) is 17.6. The molecule has 3 atom stereocenters. The van der Waals surface area contributed by atoms with Gasteiger partial charge in [-0.3, -0.25) is 0 Å². The molecule has 0 aliphatic heterocycles. The van der Waals surface area contributed by atoms with Gasteiger partial charge in [0.2, 0.25) is 0 Å². The lowest BCUT2D eigenvalue weighted by Gasteiger charge is -2.14. The second kappa shape index (κ2) is 3.43. The van der Waals surface area contributed by atoms with E-state index < -0.39 is 12.2 Å². The largest absolute Gasteiger partial charge is 0.391 e. The third kappa shape index (κ3) is 2.64. The van der Waals surface area contributed by atoms with Crippen LogP contribution in [-0.4, -0.2) is 27.2 Å². The van der Waals surface area contributed by atoms with Gasteiger partial charge in [0.05, 0.1) is 12.2 Å². The van der Waals surface area contributed by atoms with E-state index in [9.17, 15) is 0 Å². The Morgan fingerprint density at radius 2 is 1.62 bits per heavy atom. The summed E-state index contributed by atoms with van der Waals surface area (Å²) >= 11 is 3.13. The van der Waals surface area contributed by atoms with Crippen molar-refractivity contribution in [1.82, 2.24) is 0 Å². The Bertz CT molecular complexity index is 55.4. The van der Waals surface area contributed by atoms with E-state index in [1.54, 1.807) is 13.8 Å². The quantitative estimate of drug-likeness (QED) is 0.612. The summed E-state index contributed by atoms with van der Waals surface area (Å²) in [6.07, 6.45) is -1.31. The average Bonchev–Trinajstić information content (AvgIpc) is 1.64. The minimum absolute atomic E-state index is 0.0394. The van der Waals surface area contributed by atoms with Gasteiger partial charge in [-0.2, -0.15) is 0 Å². The summed E-state index contributed by atoms with van der Waals surface area (Å²) in [6.45, 7) is 3.35. The van der Waals surface area contributed by atoms with Crippen LogP contribution in [0.4, 0.5) is 0 Å². The van der Waals surface area contributed by atoms with Crippen molar-refractivity contribution in [3.8, 4) is 0 Å². The molecule has 8 heavy (non-hydrogen) atoms. The first-order valence-electron chi connectivity index (χ1n) is 2.56. The molecule has 0 aliphatic carbocycles. The monoisotopic (exact) mass is 182 g/mol. The van der Waals surface area contributed by atoms with Crippen molar-refractivity contribution < 1.29 is 10.2 Å². The summed E-state index contributed by atoms with van der Waals surface area (Å²) < 4.78 is 0. The molecule has 0 rings (SSSR count). The second-order valence-electron chi connectivity index (χ2n) is 1.91. The molecular formula is C5H11BrO2. The SMILES string of the molecule is C[C@H](O)[C@H](O)[C@@H](C)Br. The molecule has 0 aromatic rings. The highest BCUT2D eigenvalue weighted by Crippen LogP contribution is 2.07. The maximum absolute atomic E-state index is 8.91. The fourth-order valence-corrected chi connectivity index (χ4v) is 0.826. The lowest BCUT2D eigenvalue weighted by Crippen LogP contribution is -2.29. The van der Waals surface area contributed by atoms with Crippen LogP contribution in [0.25, 0.3) is 0 Å². The first-order chi connectivity index (χ1) is 3.55. The maximum Gasteiger partial charge on any atom is 0.0918 e. The zero-order valence-electron chi connectivity index (χ0n) is 5.00. The van der Waals surface area contributed by atoms with Crippen molar-refractivity contribution in [1.29, 1.82) is 0 Å². The van der Waals surface area contributed by atoms with Gasteiger partial charge in [-0.05, 0) is 6.92 Å². The van der Waals surface area contributed by atoms with Gasteiger partial charge in [-0.1, -0.05) is 22.9 Å². The third-order valence-electron chi connectivity index (χ3n) is 0.965. The van der Waals surface area contributed by atoms with Gasteiger partial charge in [0.1, 0.15) is 0 Å². The Kier molecular flexibility index (Phi) is 3.60. The fourth-order valence-electron chi connectivity index (χ4n) is 0.384. The Hall–Kier alpha value is 0.400. The highest BCUT2D eigenvalue weighted by molar-refractivity contribution is 9.09. The number of hydrogen-bond donors (Lipinski definition) is 2. The number of rotatable bonds is 2. The van der Waals surface area contributed by atoms with Crippen molar-refractivity contribution >= 4 is 15.9 Å². The standard InChI is InChI=1S/C5H11BrO2/c1-3(6)5(8)4(2)7/h3-5,7-8H,1-2H3/t3-,4+,5-/m1/s1. The van der Waals surface area contributed by atoms with Crippen molar-refractivity contribution in [2.75, 3.05) is 0 Å². The molecule has 0 fully saturated rings. The molecule has 3 heteroatoms. The van der Waals surface area contributed by atoms with Gasteiger partial charge in [-0.15, -0.1) is 0 Å². The third-order valence-corrected chi connectivity index (χ3v) is 1.51. The smallest absolute Gasteiger partial charge is 0.0918 e. The van der Waals surface area contributed by atoms with Crippen LogP contribution in [0.5, 0.6) is 0 Å². The van der Waals surface area contributed by atoms with Crippen LogP contribution in [0.1, 0.15) is 13.8 Å². The molecule has 0 spiro atoms. The van der Waals surface area contributed by atoms with Crippen molar-refractivity contribution in [2.45, 2.75) is 30.9 Å². The predicted molar refractivity (Wildman–Crippen MR) is 36.1 cm³/mol. The lowest BCUT2D eigenvalue weighted by molar-refractivity contribution is 0.0341. The zero-order chi connectivity index (χ0) is 6.73. The summed E-state index contributed by atoms with van der Waals surface area (Å²) in [5.74, 6) is 0. The number of hydrogen-bond acceptors (Lipinski definition) is 2. The molecule has 0 heterocycles. The van der Waals surface area contributed by atoms with Gasteiger partial charge in [0.25, 0.3) is 0 Å². The molecule has 0 saturated carbocycles. The second-order valence-corrected chi connectivity index (χ2v) is 3.35. The van der Waals surface area contributed by atoms with E-state index in [4.69, 9.17) is 10.2 Å². The van der Waals surface area contributed by atoms with Gasteiger partial charge in [0.15, 0.2) is 0 Å². The molecule has 50 valence electrons. The summed E-state index contributed by atoms with van der Waals surface area (Å²) in [7, 11) is 0. The molecule has 0 bridgehead atoms. The lowest BCUT2D eigenvalue weighted by atomic mass is 10.2. The number of halogens is 1. The van der Waals surface area contributed by atoms with Crippen LogP contribution in [0.2, 0.25) is 0 Å². The predicted octanol–water partition coefficient (Wildman–Crippen LogP) is 0.511. The molecule has 0 aromatic carbocycles. The van der Waals surface area contributed by atoms with E-state index in [0.717, 1.165) is 0 Å². The van der Waals surface area contributed by atoms with Gasteiger partial charge >= 0.3 is 0 Å². The highest BCUT2D eigenvalue weighted by atomic mass is 79.9. The molecule has 0 aromatic heterocycles. The van der Waals surface area contributed by atoms with Gasteiger partial charge < -0.3 is 10.2 Å². The van der Waals surface area contributed by atoms with Crippen LogP contribution in [0.15, 0.2) is 0 Å². The summed E-state index contributed by atoms with van der Waals surface area (Å²) in [6, 6.07) is 0. The molecular weight excluding hydrogens is 172 g/mol. The highest BCUT2D eigenvalue weighted by Gasteiger charge is 2.15. The summed E-state index contributed by atoms with van der Waals surface area (Å²) in [4.78, 5) is -0.0394. The Labute approximate surface area is 57.7 Å². The first kappa shape index (κ1) is 8.40. The minimum Gasteiger partial charge on any atom is -0.391 e. The molecule has 0 radical (unpaired) electrons. The van der Waals surface area contributed by atoms with E-state index in [1.165, 1.54) is 0 Å². The first-order valence-corrected chi connectivity index (χ1v) is 3.47. The molecule has 0 amide bonds. The van der Waals surface area contributed by atoms with Gasteiger partial charge in [0, 0.05) is 4.83 Å². The Morgan fingerprint density at radius 3 is 1.62 bits per heavy atom. The van der Waals surface area contributed by atoms with Crippen molar-refractivity contribution in [3.63, 3.8) is 0 Å². The molecule has 2 nitrogen and oxygen atoms in total. The fraction of sp³-hybridized carbons (Fsp3) is 1.00. The molecule has 0 aliphatic rings. The zero-order valence-corrected chi connectivity index (χ0v) is 6.59.